The van der Waals surface area contributed by atoms with Crippen LogP contribution in [0, 0.1) is 10.8 Å². The molecular weight excluding hydrogens is 1250 g/mol. The van der Waals surface area contributed by atoms with Crippen LogP contribution in [0.15, 0.2) is 235 Å². The second kappa shape index (κ2) is 28.6. The van der Waals surface area contributed by atoms with Crippen LogP contribution in [0.25, 0.3) is 21.5 Å². The second-order valence-electron chi connectivity index (χ2n) is 19.9. The summed E-state index contributed by atoms with van der Waals surface area (Å²) in [7, 11) is 7.58. The third kappa shape index (κ3) is 16.4. The maximum atomic E-state index is 12.5. The number of H-pyrrole nitrogens is 1. The van der Waals surface area contributed by atoms with Crippen LogP contribution in [0.1, 0.15) is 41.5 Å². The fourth-order valence-electron chi connectivity index (χ4n) is 7.96. The van der Waals surface area contributed by atoms with Crippen molar-refractivity contribution in [3.8, 4) is 0 Å². The van der Waals surface area contributed by atoms with E-state index in [1.165, 1.54) is 37.3 Å². The van der Waals surface area contributed by atoms with Crippen LogP contribution in [-0.4, -0.2) is 33.4 Å². The molecule has 2 unspecified atom stereocenters. The first-order valence-electron chi connectivity index (χ1n) is 25.1. The van der Waals surface area contributed by atoms with Crippen molar-refractivity contribution in [1.29, 1.82) is 0 Å². The first kappa shape index (κ1) is 59.5. The zero-order chi connectivity index (χ0) is 55.7. The van der Waals surface area contributed by atoms with Crippen molar-refractivity contribution in [3.05, 3.63) is 241 Å². The molecule has 8 nitrogen and oxygen atoms in total. The number of hydrogen-bond acceptors (Lipinski definition) is 5. The molecule has 0 fully saturated rings. The summed E-state index contributed by atoms with van der Waals surface area (Å²) in [5, 5.41) is 16.3. The predicted octanol–water partition coefficient (Wildman–Crippen LogP) is 12.8. The van der Waals surface area contributed by atoms with Crippen molar-refractivity contribution in [2.45, 2.75) is 41.5 Å². The average Bonchev–Trinajstić information content (AvgIpc) is 3.45. The number of carbonyl (C=O) groups excluding carboxylic acids is 2. The van der Waals surface area contributed by atoms with Crippen molar-refractivity contribution in [2.75, 3.05) is 17.3 Å². The number of pyridine rings is 3. The summed E-state index contributed by atoms with van der Waals surface area (Å²) in [4.78, 5) is 49.6. The van der Waals surface area contributed by atoms with Crippen LogP contribution >= 0.6 is 42.6 Å². The van der Waals surface area contributed by atoms with Gasteiger partial charge in [-0.05, 0) is 93.7 Å². The minimum atomic E-state index is -0.877. The molecular formula is C64H62Cl2N5O3P3Pt. The van der Waals surface area contributed by atoms with E-state index in [4.69, 9.17) is 23.8 Å². The number of rotatable bonds is 10. The molecule has 400 valence electrons. The van der Waals surface area contributed by atoms with Crippen LogP contribution in [0.3, 0.4) is 0 Å². The van der Waals surface area contributed by atoms with E-state index in [1.54, 1.807) is 0 Å². The zero-order valence-corrected chi connectivity index (χ0v) is 50.9. The van der Waals surface area contributed by atoms with Crippen molar-refractivity contribution < 1.29 is 26.1 Å². The van der Waals surface area contributed by atoms with Gasteiger partial charge < -0.3 is 15.6 Å². The molecule has 14 heteroatoms. The summed E-state index contributed by atoms with van der Waals surface area (Å²) in [6.07, 6.45) is 0. The van der Waals surface area contributed by atoms with Crippen molar-refractivity contribution in [2.24, 2.45) is 10.8 Å². The van der Waals surface area contributed by atoms with E-state index >= 15 is 0 Å². The minimum absolute atomic E-state index is 0.0210. The van der Waals surface area contributed by atoms with Gasteiger partial charge in [0.25, 0.3) is 5.56 Å². The van der Waals surface area contributed by atoms with Gasteiger partial charge in [-0.25, -0.2) is 9.97 Å². The van der Waals surface area contributed by atoms with E-state index in [9.17, 15) is 14.4 Å². The Labute approximate surface area is 478 Å². The van der Waals surface area contributed by atoms with Crippen LogP contribution in [0.4, 0.5) is 11.6 Å². The fourth-order valence-corrected chi connectivity index (χ4v) is 14.1. The van der Waals surface area contributed by atoms with E-state index in [2.05, 4.69) is 143 Å². The van der Waals surface area contributed by atoms with Gasteiger partial charge in [0.1, 0.15) is 11.6 Å². The Hall–Kier alpha value is -6.19. The Balaban J connectivity index is 0.000000168. The van der Waals surface area contributed by atoms with E-state index in [0.717, 1.165) is 27.1 Å². The maximum absolute atomic E-state index is 12.5. The van der Waals surface area contributed by atoms with E-state index in [0.29, 0.717) is 11.6 Å². The number of carbonyl (C=O) groups is 2. The molecule has 0 radical (unpaired) electrons. The molecule has 10 rings (SSSR count). The summed E-state index contributed by atoms with van der Waals surface area (Å²) in [6, 6.07) is 78.1. The number of fused-ring (bicyclic) bond motifs is 2. The van der Waals surface area contributed by atoms with Gasteiger partial charge in [0.05, 0.1) is 16.3 Å². The topological polar surface area (TPSA) is 117 Å². The molecule has 0 bridgehead atoms. The summed E-state index contributed by atoms with van der Waals surface area (Å²) in [5.74, 6) is 1.16. The predicted molar refractivity (Wildman–Crippen MR) is 334 cm³/mol. The van der Waals surface area contributed by atoms with Crippen molar-refractivity contribution in [1.82, 2.24) is 15.0 Å². The Morgan fingerprint density at radius 2 is 0.846 bits per heavy atom. The molecule has 7 aromatic carbocycles. The van der Waals surface area contributed by atoms with Gasteiger partial charge in [0.15, 0.2) is 0 Å². The number of nitrogens with one attached hydrogen (secondary N) is 3. The number of benzene rings is 7. The zero-order valence-electron chi connectivity index (χ0n) is 44.5. The number of anilines is 2. The molecule has 2 atom stereocenters. The normalized spacial score (nSPS) is 11.9. The quantitative estimate of drug-likeness (QED) is 0.118. The average molecular weight is 1310 g/mol. The van der Waals surface area contributed by atoms with Gasteiger partial charge in [0.2, 0.25) is 11.8 Å². The molecule has 0 spiro atoms. The van der Waals surface area contributed by atoms with Crippen LogP contribution in [-0.2, 0) is 26.1 Å². The van der Waals surface area contributed by atoms with Gasteiger partial charge in [-0.15, -0.1) is 0 Å². The Kier molecular flexibility index (Phi) is 21.8. The first-order valence-corrected chi connectivity index (χ1v) is 35.2. The van der Waals surface area contributed by atoms with Gasteiger partial charge in [-0.1, -0.05) is 236 Å². The molecule has 0 aliphatic rings. The second-order valence-corrected chi connectivity index (χ2v) is 29.5. The molecule has 3 heterocycles. The van der Waals surface area contributed by atoms with Crippen LogP contribution in [0.2, 0.25) is 0 Å². The van der Waals surface area contributed by atoms with Gasteiger partial charge in [0, 0.05) is 32.1 Å². The summed E-state index contributed by atoms with van der Waals surface area (Å²) in [5.41, 5.74) is 2.04. The van der Waals surface area contributed by atoms with Gasteiger partial charge in [-0.3, -0.25) is 14.4 Å². The molecule has 78 heavy (non-hydrogen) atoms. The van der Waals surface area contributed by atoms with Crippen molar-refractivity contribution in [3.63, 3.8) is 0 Å². The molecule has 10 aromatic rings. The monoisotopic (exact) mass is 1310 g/mol. The Morgan fingerprint density at radius 1 is 0.462 bits per heavy atom. The van der Waals surface area contributed by atoms with E-state index in [1.807, 2.05) is 157 Å². The van der Waals surface area contributed by atoms with E-state index < -0.39 is 51.1 Å². The number of amides is 2. The number of aromatic nitrogens is 3. The number of aromatic amines is 1. The fraction of sp³-hybridized carbons (Fsp3) is 0.141. The van der Waals surface area contributed by atoms with Gasteiger partial charge >= 0.3 is 35.3 Å². The Morgan fingerprint density at radius 3 is 1.35 bits per heavy atom. The van der Waals surface area contributed by atoms with Crippen molar-refractivity contribution >= 4 is 130 Å². The van der Waals surface area contributed by atoms with Crippen LogP contribution in [0.5, 0.6) is 0 Å². The molecule has 3 N–H and O–H groups in total. The Bertz CT molecular complexity index is 3560. The summed E-state index contributed by atoms with van der Waals surface area (Å²) >= 11 is -0.472. The first-order chi connectivity index (χ1) is 37.5. The molecule has 0 aliphatic carbocycles. The summed E-state index contributed by atoms with van der Waals surface area (Å²) in [6.45, 7) is 13.6. The third-order valence-electron chi connectivity index (χ3n) is 12.1. The van der Waals surface area contributed by atoms with E-state index in [-0.39, 0.29) is 17.4 Å². The molecule has 3 aromatic heterocycles. The van der Waals surface area contributed by atoms with Gasteiger partial charge in [-0.2, -0.15) is 0 Å². The third-order valence-corrected chi connectivity index (χ3v) is 18.8. The number of hydrogen-bond donors (Lipinski definition) is 3. The SMILES string of the molecule is CC(C)(C)C(=O)Nc1cccc(P(c2ccccc2)c2cccc3ccccc23)n1.CP(c1ccccc1)c1cccc(NC(=O)C(C)(C)C)n1.O=c1[nH]c(P(c2ccccc2)c2ccccc2)cc2ccccc12.[Cl][Pt][Cl]. The van der Waals surface area contributed by atoms with Crippen LogP contribution < -0.4 is 59.0 Å². The molecule has 2 amide bonds. The molecule has 0 saturated carbocycles. The number of halogens is 2. The summed E-state index contributed by atoms with van der Waals surface area (Å²) < 4.78 is 0. The molecule has 0 saturated heterocycles. The molecule has 0 aliphatic heterocycles. The standard InChI is InChI=1S/C26H25N2OP.C21H16NOP.C17H21N2OP.2ClH.Pt/c1-26(2,3)25(29)28-23-17-10-18-24(27-23)30(20-13-5-4-6-14-20)22-16-9-12-19-11-7-8-15-21(19)22;23-21-19-14-8-7-9-16(19)15-20(22-21)24(17-10-3-1-4-11-17)18-12-5-2-6-13-18;1-17(2,3)16(20)19-14-11-8-12-15(18-14)21(4)13-9-6-5-7-10-13;;;/h4-18H,1-3H3,(H,27,28,29);1-15H,(H,22,23);5-12H,1-4H3,(H,18,19,20);2*1H;/q;;;;;+2/p-2. The number of nitrogens with zero attached hydrogens (tertiary/aromatic N) is 2.